The van der Waals surface area contributed by atoms with Crippen molar-refractivity contribution in [3.8, 4) is 11.6 Å². The zero-order valence-corrected chi connectivity index (χ0v) is 10.5. The molecule has 10 nitrogen and oxygen atoms in total. The van der Waals surface area contributed by atoms with E-state index in [0.29, 0.717) is 9.63 Å². The van der Waals surface area contributed by atoms with Gasteiger partial charge in [-0.2, -0.15) is 9.55 Å². The van der Waals surface area contributed by atoms with Crippen molar-refractivity contribution in [3.63, 3.8) is 0 Å². The molecule has 0 fully saturated rings. The monoisotopic (exact) mass is 287 g/mol. The highest BCUT2D eigenvalue weighted by molar-refractivity contribution is 7.50. The fraction of sp³-hybridized carbons (Fsp3) is 0.250. The van der Waals surface area contributed by atoms with Crippen molar-refractivity contribution in [2.24, 2.45) is 0 Å². The van der Waals surface area contributed by atoms with E-state index in [-0.39, 0.29) is 17.4 Å². The lowest BCUT2D eigenvalue weighted by Crippen LogP contribution is -2.41. The lowest BCUT2D eigenvalue weighted by molar-refractivity contribution is -0.124. The summed E-state index contributed by atoms with van der Waals surface area (Å²) in [5, 5.41) is 0. The summed E-state index contributed by atoms with van der Waals surface area (Å²) in [6.07, 6.45) is 0. The molecule has 100 valence electrons. The number of hydrogen-bond acceptors (Lipinski definition) is 8. The molecule has 0 saturated carbocycles. The van der Waals surface area contributed by atoms with E-state index >= 15 is 0 Å². The molecule has 3 heterocycles. The Morgan fingerprint density at radius 2 is 1.89 bits per heavy atom. The van der Waals surface area contributed by atoms with Crippen LogP contribution in [0.5, 0.6) is 11.6 Å². The van der Waals surface area contributed by atoms with Gasteiger partial charge in [0, 0.05) is 13.8 Å². The van der Waals surface area contributed by atoms with Crippen LogP contribution in [0.15, 0.2) is 4.79 Å². The Hall–Kier alpha value is -2.35. The molecule has 0 saturated heterocycles. The van der Waals surface area contributed by atoms with Gasteiger partial charge in [-0.25, -0.2) is 9.69 Å². The van der Waals surface area contributed by atoms with Gasteiger partial charge in [-0.1, -0.05) is 4.73 Å². The van der Waals surface area contributed by atoms with Crippen LogP contribution >= 0.6 is 7.82 Å². The Balaban J connectivity index is 2.33. The van der Waals surface area contributed by atoms with Crippen molar-refractivity contribution in [1.82, 2.24) is 9.71 Å². The van der Waals surface area contributed by atoms with Gasteiger partial charge >= 0.3 is 13.5 Å². The Bertz CT molecular complexity index is 725. The van der Waals surface area contributed by atoms with E-state index in [9.17, 15) is 18.9 Å². The van der Waals surface area contributed by atoms with Crippen molar-refractivity contribution in [1.29, 1.82) is 0 Å². The van der Waals surface area contributed by atoms with Gasteiger partial charge in [-0.15, -0.1) is 0 Å². The summed E-state index contributed by atoms with van der Waals surface area (Å²) in [7, 11) is -3.98. The highest BCUT2D eigenvalue weighted by atomic mass is 31.2. The van der Waals surface area contributed by atoms with Crippen molar-refractivity contribution in [2.75, 3.05) is 4.90 Å². The molecule has 0 N–H and O–H groups in total. The second-order valence-electron chi connectivity index (χ2n) is 3.73. The maximum Gasteiger partial charge on any atom is 0.668 e. The summed E-state index contributed by atoms with van der Waals surface area (Å²) in [6.45, 7) is 2.22. The third-order valence-electron chi connectivity index (χ3n) is 2.39. The molecule has 1 unspecified atom stereocenters. The van der Waals surface area contributed by atoms with E-state index < -0.39 is 25.3 Å². The number of amides is 2. The molecule has 1 atom stereocenters. The molecule has 1 aromatic heterocycles. The molecule has 0 radical (unpaired) electrons. The minimum Gasteiger partial charge on any atom is -0.375 e. The second-order valence-corrected chi connectivity index (χ2v) is 5.15. The minimum atomic E-state index is -3.98. The summed E-state index contributed by atoms with van der Waals surface area (Å²) in [5.74, 6) is -2.27. The van der Waals surface area contributed by atoms with Crippen molar-refractivity contribution in [2.45, 2.75) is 13.8 Å². The highest BCUT2D eigenvalue weighted by Gasteiger charge is 2.52. The number of hydrogen-bond donors (Lipinski definition) is 0. The second kappa shape index (κ2) is 3.35. The summed E-state index contributed by atoms with van der Waals surface area (Å²) >= 11 is 0. The summed E-state index contributed by atoms with van der Waals surface area (Å²) in [4.78, 5) is 38.7. The number of rotatable bonds is 1. The standard InChI is InChI=1S/C8H6N3O7P/c1-3(12)10(4(2)13)7-5-6-9-8(14)11(7)18-19(15,16-5)17-6/h1-2H3. The first kappa shape index (κ1) is 11.7. The number of phosphoric ester groups is 1. The number of imide groups is 1. The Morgan fingerprint density at radius 1 is 1.26 bits per heavy atom. The van der Waals surface area contributed by atoms with Gasteiger partial charge < -0.3 is 9.05 Å². The third-order valence-corrected chi connectivity index (χ3v) is 3.55. The average molecular weight is 287 g/mol. The molecule has 0 aliphatic carbocycles. The molecular weight excluding hydrogens is 281 g/mol. The number of fused-ring (bicyclic) bond motifs is 2. The Kier molecular flexibility index (Phi) is 2.07. The SMILES string of the molecule is CC(=O)N(C(C)=O)c1c2c3nc(=O)n1OP(=O)(O3)O2. The molecule has 0 spiro atoms. The largest absolute Gasteiger partial charge is 0.668 e. The van der Waals surface area contributed by atoms with Crippen LogP contribution in [-0.2, 0) is 14.2 Å². The van der Waals surface area contributed by atoms with Crippen LogP contribution in [0.1, 0.15) is 13.8 Å². The molecule has 11 heteroatoms. The zero-order valence-electron chi connectivity index (χ0n) is 9.65. The number of nitrogens with zero attached hydrogens (tertiary/aromatic N) is 3. The maximum atomic E-state index is 11.8. The van der Waals surface area contributed by atoms with Crippen molar-refractivity contribution in [3.05, 3.63) is 10.5 Å². The predicted octanol–water partition coefficient (Wildman–Crippen LogP) is -0.536. The summed E-state index contributed by atoms with van der Waals surface area (Å²) in [6, 6.07) is 0. The van der Waals surface area contributed by atoms with Crippen molar-refractivity contribution < 1.29 is 27.8 Å². The minimum absolute atomic E-state index is 0.236. The normalized spacial score (nSPS) is 21.4. The van der Waals surface area contributed by atoms with Crippen LogP contribution in [0.2, 0.25) is 0 Å². The topological polar surface area (TPSA) is 117 Å². The molecule has 1 aromatic rings. The quantitative estimate of drug-likeness (QED) is 0.632. The van der Waals surface area contributed by atoms with Crippen LogP contribution in [0.3, 0.4) is 0 Å². The Morgan fingerprint density at radius 3 is 2.47 bits per heavy atom. The number of carbonyl (C=O) groups is 2. The van der Waals surface area contributed by atoms with Crippen LogP contribution in [-0.4, -0.2) is 21.5 Å². The lowest BCUT2D eigenvalue weighted by Gasteiger charge is -2.24. The first-order valence-corrected chi connectivity index (χ1v) is 6.46. The highest BCUT2D eigenvalue weighted by Crippen LogP contribution is 2.61. The van der Waals surface area contributed by atoms with Gasteiger partial charge in [-0.05, 0) is 0 Å². The molecule has 2 amide bonds. The first-order valence-electron chi connectivity index (χ1n) is 5.00. The van der Waals surface area contributed by atoms with Gasteiger partial charge in [0.25, 0.3) is 5.88 Å². The molecule has 3 rings (SSSR count). The van der Waals surface area contributed by atoms with E-state index in [1.54, 1.807) is 0 Å². The van der Waals surface area contributed by atoms with E-state index in [1.807, 2.05) is 0 Å². The smallest absolute Gasteiger partial charge is 0.375 e. The van der Waals surface area contributed by atoms with Crippen molar-refractivity contribution >= 4 is 25.5 Å². The number of aromatic nitrogens is 2. The van der Waals surface area contributed by atoms with E-state index in [1.165, 1.54) is 0 Å². The fourth-order valence-electron chi connectivity index (χ4n) is 1.76. The van der Waals surface area contributed by atoms with Gasteiger partial charge in [-0.3, -0.25) is 14.2 Å². The van der Waals surface area contributed by atoms with Crippen LogP contribution < -0.4 is 24.3 Å². The summed E-state index contributed by atoms with van der Waals surface area (Å²) < 4.78 is 26.6. The summed E-state index contributed by atoms with van der Waals surface area (Å²) in [5.41, 5.74) is -0.970. The molecule has 0 aromatic carbocycles. The van der Waals surface area contributed by atoms with E-state index in [2.05, 4.69) is 4.98 Å². The van der Waals surface area contributed by atoms with Crippen LogP contribution in [0.25, 0.3) is 0 Å². The Labute approximate surface area is 105 Å². The van der Waals surface area contributed by atoms with E-state index in [4.69, 9.17) is 13.7 Å². The van der Waals surface area contributed by atoms with Crippen LogP contribution in [0.4, 0.5) is 5.82 Å². The van der Waals surface area contributed by atoms with Gasteiger partial charge in [0.05, 0.1) is 0 Å². The van der Waals surface area contributed by atoms with Gasteiger partial charge in [0.1, 0.15) is 0 Å². The lowest BCUT2D eigenvalue weighted by atomic mass is 10.4. The molecule has 3 bridgehead atoms. The number of phosphoric acid groups is 1. The molecule has 19 heavy (non-hydrogen) atoms. The predicted molar refractivity (Wildman–Crippen MR) is 57.8 cm³/mol. The fourth-order valence-corrected chi connectivity index (χ4v) is 2.93. The van der Waals surface area contributed by atoms with Gasteiger partial charge in [0.2, 0.25) is 23.4 Å². The third kappa shape index (κ3) is 1.46. The van der Waals surface area contributed by atoms with E-state index in [0.717, 1.165) is 13.8 Å². The molecular formula is C8H6N3O7P. The van der Waals surface area contributed by atoms with Gasteiger partial charge in [0.15, 0.2) is 0 Å². The average Bonchev–Trinajstić information content (AvgIpc) is 2.46. The van der Waals surface area contributed by atoms with Crippen LogP contribution in [0, 0.1) is 0 Å². The first-order chi connectivity index (χ1) is 8.82. The number of anilines is 1. The number of carbonyl (C=O) groups excluding carboxylic acids is 2. The molecule has 2 aliphatic rings. The zero-order chi connectivity index (χ0) is 13.9. The maximum absolute atomic E-state index is 11.8. The molecule has 2 aliphatic heterocycles.